The molecule has 0 amide bonds. The van der Waals surface area contributed by atoms with Crippen molar-refractivity contribution in [2.24, 2.45) is 10.2 Å². The van der Waals surface area contributed by atoms with Gasteiger partial charge >= 0.3 is 0 Å². The summed E-state index contributed by atoms with van der Waals surface area (Å²) < 4.78 is 0. The quantitative estimate of drug-likeness (QED) is 0.635. The molecule has 0 radical (unpaired) electrons. The van der Waals surface area contributed by atoms with Crippen LogP contribution in [0.25, 0.3) is 0 Å². The molecule has 0 atom stereocenters. The fourth-order valence-corrected chi connectivity index (χ4v) is 1.08. The summed E-state index contributed by atoms with van der Waals surface area (Å²) in [5.74, 6) is 0.401. The van der Waals surface area contributed by atoms with Crippen LogP contribution in [0, 0.1) is 0 Å². The van der Waals surface area contributed by atoms with Crippen molar-refractivity contribution >= 4 is 5.69 Å². The normalized spacial score (nSPS) is 13.9. The molecule has 2 heterocycles. The van der Waals surface area contributed by atoms with E-state index in [1.165, 1.54) is 0 Å². The number of hydrogen-bond acceptors (Lipinski definition) is 4. The first-order valence-electron chi connectivity index (χ1n) is 4.01. The molecule has 0 unspecified atom stereocenters. The maximum atomic E-state index is 4.08. The highest BCUT2D eigenvalue weighted by Crippen LogP contribution is 2.26. The van der Waals surface area contributed by atoms with Crippen molar-refractivity contribution < 1.29 is 0 Å². The molecule has 0 N–H and O–H groups in total. The first kappa shape index (κ1) is 7.34. The molecular weight excluding hydrogens is 152 g/mol. The number of aromatic nitrogens is 2. The minimum Gasteiger partial charge on any atom is -0.182 e. The first-order chi connectivity index (χ1) is 5.77. The molecule has 0 aliphatic carbocycles. The number of fused-ring (bicyclic) bond motifs is 1. The lowest BCUT2D eigenvalue weighted by atomic mass is 10.1. The standard InChI is InChI=1S/C8H10N4/c1-5(2)6-3-7-8(12-11-6)4-9-10-7/h3,5H,4H2,1-2H3. The Morgan fingerprint density at radius 1 is 1.33 bits per heavy atom. The molecule has 0 bridgehead atoms. The van der Waals surface area contributed by atoms with Crippen LogP contribution in [0.3, 0.4) is 0 Å². The maximum Gasteiger partial charge on any atom is 0.114 e. The number of nitrogens with zero attached hydrogens (tertiary/aromatic N) is 4. The smallest absolute Gasteiger partial charge is 0.114 e. The van der Waals surface area contributed by atoms with Gasteiger partial charge in [0.1, 0.15) is 17.9 Å². The number of azo groups is 1. The monoisotopic (exact) mass is 162 g/mol. The van der Waals surface area contributed by atoms with Gasteiger partial charge in [-0.25, -0.2) is 0 Å². The van der Waals surface area contributed by atoms with E-state index >= 15 is 0 Å². The first-order valence-corrected chi connectivity index (χ1v) is 4.01. The Hall–Kier alpha value is -1.32. The minimum atomic E-state index is 0.401. The van der Waals surface area contributed by atoms with Gasteiger partial charge in [0.05, 0.1) is 5.69 Å². The summed E-state index contributed by atoms with van der Waals surface area (Å²) in [6.07, 6.45) is 0. The fraction of sp³-hybridized carbons (Fsp3) is 0.500. The lowest BCUT2D eigenvalue weighted by Crippen LogP contribution is -1.96. The highest BCUT2D eigenvalue weighted by molar-refractivity contribution is 5.43. The Morgan fingerprint density at radius 3 is 2.92 bits per heavy atom. The summed E-state index contributed by atoms with van der Waals surface area (Å²) in [6.45, 7) is 4.76. The zero-order chi connectivity index (χ0) is 8.55. The topological polar surface area (TPSA) is 50.5 Å². The molecule has 1 aromatic heterocycles. The summed E-state index contributed by atoms with van der Waals surface area (Å²) in [5.41, 5.74) is 2.75. The van der Waals surface area contributed by atoms with E-state index in [4.69, 9.17) is 0 Å². The SMILES string of the molecule is CC(C)c1cc2c(nn1)CN=N2. The summed E-state index contributed by atoms with van der Waals surface area (Å²) >= 11 is 0. The van der Waals surface area contributed by atoms with Crippen LogP contribution >= 0.6 is 0 Å². The van der Waals surface area contributed by atoms with Crippen LogP contribution < -0.4 is 0 Å². The van der Waals surface area contributed by atoms with Crippen molar-refractivity contribution in [2.75, 3.05) is 0 Å². The largest absolute Gasteiger partial charge is 0.182 e. The molecule has 4 heteroatoms. The molecule has 2 rings (SSSR count). The Morgan fingerprint density at radius 2 is 2.17 bits per heavy atom. The van der Waals surface area contributed by atoms with Crippen molar-refractivity contribution in [3.05, 3.63) is 17.5 Å². The van der Waals surface area contributed by atoms with E-state index in [1.54, 1.807) is 0 Å². The average Bonchev–Trinajstić information content (AvgIpc) is 2.49. The van der Waals surface area contributed by atoms with E-state index in [1.807, 2.05) is 6.07 Å². The molecule has 0 aromatic carbocycles. The molecule has 1 aromatic rings. The molecule has 62 valence electrons. The van der Waals surface area contributed by atoms with Crippen molar-refractivity contribution in [3.8, 4) is 0 Å². The highest BCUT2D eigenvalue weighted by atomic mass is 15.2. The zero-order valence-electron chi connectivity index (χ0n) is 7.15. The highest BCUT2D eigenvalue weighted by Gasteiger charge is 2.12. The van der Waals surface area contributed by atoms with Gasteiger partial charge in [-0.3, -0.25) is 0 Å². The maximum absolute atomic E-state index is 4.08. The Balaban J connectivity index is 2.44. The molecule has 1 aliphatic heterocycles. The third-order valence-corrected chi connectivity index (χ3v) is 1.86. The summed E-state index contributed by atoms with van der Waals surface area (Å²) in [7, 11) is 0. The average molecular weight is 162 g/mol. The molecule has 0 spiro atoms. The number of rotatable bonds is 1. The van der Waals surface area contributed by atoms with Gasteiger partial charge < -0.3 is 0 Å². The molecular formula is C8H10N4. The van der Waals surface area contributed by atoms with Crippen LogP contribution in [0.15, 0.2) is 16.3 Å². The Labute approximate surface area is 70.7 Å². The minimum absolute atomic E-state index is 0.401. The van der Waals surface area contributed by atoms with E-state index < -0.39 is 0 Å². The van der Waals surface area contributed by atoms with Gasteiger partial charge in [0.25, 0.3) is 0 Å². The van der Waals surface area contributed by atoms with E-state index in [9.17, 15) is 0 Å². The summed E-state index contributed by atoms with van der Waals surface area (Å²) in [6, 6.07) is 1.96. The molecule has 1 aliphatic rings. The van der Waals surface area contributed by atoms with Gasteiger partial charge in [0, 0.05) is 0 Å². The second-order valence-electron chi connectivity index (χ2n) is 3.16. The molecule has 0 saturated carbocycles. The van der Waals surface area contributed by atoms with Gasteiger partial charge in [0.2, 0.25) is 0 Å². The Bertz CT molecular complexity index is 330. The lowest BCUT2D eigenvalue weighted by Gasteiger charge is -2.02. The Kier molecular flexibility index (Phi) is 1.60. The van der Waals surface area contributed by atoms with Gasteiger partial charge in [-0.15, -0.1) is 0 Å². The van der Waals surface area contributed by atoms with Crippen molar-refractivity contribution in [1.29, 1.82) is 0 Å². The van der Waals surface area contributed by atoms with Crippen LogP contribution in [-0.4, -0.2) is 10.2 Å². The predicted octanol–water partition coefficient (Wildman–Crippen LogP) is 2.20. The van der Waals surface area contributed by atoms with Gasteiger partial charge in [-0.1, -0.05) is 13.8 Å². The van der Waals surface area contributed by atoms with Crippen LogP contribution in [-0.2, 0) is 6.54 Å². The summed E-state index contributed by atoms with van der Waals surface area (Å²) in [5, 5.41) is 16.0. The van der Waals surface area contributed by atoms with Crippen LogP contribution in [0.4, 0.5) is 5.69 Å². The van der Waals surface area contributed by atoms with Crippen molar-refractivity contribution in [2.45, 2.75) is 26.3 Å². The molecule has 12 heavy (non-hydrogen) atoms. The van der Waals surface area contributed by atoms with E-state index in [2.05, 4.69) is 34.3 Å². The number of hydrogen-bond donors (Lipinski definition) is 0. The second kappa shape index (κ2) is 2.62. The van der Waals surface area contributed by atoms with Crippen LogP contribution in [0.5, 0.6) is 0 Å². The van der Waals surface area contributed by atoms with E-state index in [0.29, 0.717) is 12.5 Å². The van der Waals surface area contributed by atoms with Gasteiger partial charge in [0.15, 0.2) is 0 Å². The van der Waals surface area contributed by atoms with E-state index in [0.717, 1.165) is 17.1 Å². The third-order valence-electron chi connectivity index (χ3n) is 1.86. The van der Waals surface area contributed by atoms with Gasteiger partial charge in [-0.2, -0.15) is 20.4 Å². The predicted molar refractivity (Wildman–Crippen MR) is 44.3 cm³/mol. The third kappa shape index (κ3) is 1.09. The summed E-state index contributed by atoms with van der Waals surface area (Å²) in [4.78, 5) is 0. The van der Waals surface area contributed by atoms with Crippen LogP contribution in [0.2, 0.25) is 0 Å². The van der Waals surface area contributed by atoms with Gasteiger partial charge in [-0.05, 0) is 12.0 Å². The second-order valence-corrected chi connectivity index (χ2v) is 3.16. The molecule has 0 fully saturated rings. The zero-order valence-corrected chi connectivity index (χ0v) is 7.15. The molecule has 4 nitrogen and oxygen atoms in total. The lowest BCUT2D eigenvalue weighted by molar-refractivity contribution is 0.773. The van der Waals surface area contributed by atoms with Crippen molar-refractivity contribution in [3.63, 3.8) is 0 Å². The fourth-order valence-electron chi connectivity index (χ4n) is 1.08. The van der Waals surface area contributed by atoms with Crippen LogP contribution in [0.1, 0.15) is 31.2 Å². The van der Waals surface area contributed by atoms with Crippen molar-refractivity contribution in [1.82, 2.24) is 10.2 Å². The van der Waals surface area contributed by atoms with E-state index in [-0.39, 0.29) is 0 Å². The molecule has 0 saturated heterocycles.